The van der Waals surface area contributed by atoms with E-state index in [2.05, 4.69) is 10.3 Å². The Morgan fingerprint density at radius 3 is 2.39 bits per heavy atom. The monoisotopic (exact) mass is 461 g/mol. The zero-order valence-corrected chi connectivity index (χ0v) is 18.7. The molecule has 0 radical (unpaired) electrons. The summed E-state index contributed by atoms with van der Waals surface area (Å²) in [5.74, 6) is -0.199. The number of hydrogen-bond donors (Lipinski definition) is 1. The maximum Gasteiger partial charge on any atom is 0.416 e. The van der Waals surface area contributed by atoms with E-state index in [9.17, 15) is 22.8 Å². The summed E-state index contributed by atoms with van der Waals surface area (Å²) in [6.45, 7) is 5.77. The second-order valence-electron chi connectivity index (χ2n) is 9.49. The number of likely N-dealkylation sites (tertiary alicyclic amines) is 1. The van der Waals surface area contributed by atoms with Crippen LogP contribution in [-0.4, -0.2) is 39.6 Å². The number of hydrogen-bond acceptors (Lipinski definition) is 4. The summed E-state index contributed by atoms with van der Waals surface area (Å²) >= 11 is 0. The van der Waals surface area contributed by atoms with Gasteiger partial charge in [-0.15, -0.1) is 0 Å². The second-order valence-corrected chi connectivity index (χ2v) is 9.49. The average molecular weight is 461 g/mol. The fourth-order valence-corrected chi connectivity index (χ4v) is 4.61. The van der Waals surface area contributed by atoms with Gasteiger partial charge in [0.05, 0.1) is 17.3 Å². The smallest absolute Gasteiger partial charge is 0.416 e. The molecule has 1 spiro atoms. The highest BCUT2D eigenvalue weighted by atomic mass is 19.4. The molecule has 0 saturated carbocycles. The fraction of sp³-hybridized carbons (Fsp3) is 0.458. The molecule has 33 heavy (non-hydrogen) atoms. The minimum Gasteiger partial charge on any atom is -0.444 e. The van der Waals surface area contributed by atoms with Crippen molar-refractivity contribution in [1.29, 1.82) is 0 Å². The van der Waals surface area contributed by atoms with Gasteiger partial charge in [-0.3, -0.25) is 14.7 Å². The standard InChI is InChI=1S/C24H26F3N3O3/c1-22(2,3)33-21(32)30-19(8-10-23(30)11-13-29-20(23)31)18-14-16(9-12-28-18)15-4-6-17(7-5-15)24(25,26)27/h4-7,9,12,14,19H,8,10-11,13H2,1-3H3,(H,29,31)/t19-,23-/m0/s1. The quantitative estimate of drug-likeness (QED) is 0.676. The van der Waals surface area contributed by atoms with Gasteiger partial charge in [-0.25, -0.2) is 4.79 Å². The molecule has 9 heteroatoms. The first kappa shape index (κ1) is 23.1. The Kier molecular flexibility index (Phi) is 5.62. The number of benzene rings is 1. The van der Waals surface area contributed by atoms with Gasteiger partial charge < -0.3 is 10.1 Å². The maximum atomic E-state index is 13.2. The van der Waals surface area contributed by atoms with Gasteiger partial charge in [0.25, 0.3) is 0 Å². The van der Waals surface area contributed by atoms with Crippen molar-refractivity contribution in [3.05, 3.63) is 53.9 Å². The average Bonchev–Trinajstić information content (AvgIpc) is 3.30. The Bertz CT molecular complexity index is 1060. The molecule has 6 nitrogen and oxygen atoms in total. The van der Waals surface area contributed by atoms with Crippen LogP contribution in [0.15, 0.2) is 42.6 Å². The minimum atomic E-state index is -4.41. The van der Waals surface area contributed by atoms with Crippen molar-refractivity contribution in [2.75, 3.05) is 6.54 Å². The first-order chi connectivity index (χ1) is 15.4. The summed E-state index contributed by atoms with van der Waals surface area (Å²) in [7, 11) is 0. The molecule has 1 N–H and O–H groups in total. The van der Waals surface area contributed by atoms with Crippen molar-refractivity contribution in [2.45, 2.75) is 63.4 Å². The Hall–Kier alpha value is -3.10. The van der Waals surface area contributed by atoms with E-state index in [0.29, 0.717) is 42.6 Å². The van der Waals surface area contributed by atoms with Gasteiger partial charge in [0.15, 0.2) is 0 Å². The van der Waals surface area contributed by atoms with E-state index in [1.807, 2.05) is 0 Å². The van der Waals surface area contributed by atoms with Crippen molar-refractivity contribution in [3.63, 3.8) is 0 Å². The van der Waals surface area contributed by atoms with Crippen LogP contribution >= 0.6 is 0 Å². The zero-order valence-electron chi connectivity index (χ0n) is 18.7. The van der Waals surface area contributed by atoms with Crippen LogP contribution in [0.2, 0.25) is 0 Å². The number of alkyl halides is 3. The number of nitrogens with zero attached hydrogens (tertiary/aromatic N) is 2. The molecule has 2 amide bonds. The van der Waals surface area contributed by atoms with Gasteiger partial charge in [0.1, 0.15) is 11.1 Å². The number of carbonyl (C=O) groups is 2. The normalized spacial score (nSPS) is 23.2. The number of nitrogens with one attached hydrogen (secondary N) is 1. The van der Waals surface area contributed by atoms with Crippen LogP contribution in [0.3, 0.4) is 0 Å². The highest BCUT2D eigenvalue weighted by Gasteiger charge is 2.57. The Balaban J connectivity index is 1.69. The number of aromatic nitrogens is 1. The van der Waals surface area contributed by atoms with Gasteiger partial charge in [0.2, 0.25) is 5.91 Å². The highest BCUT2D eigenvalue weighted by molar-refractivity contribution is 5.92. The number of amides is 2. The molecule has 0 bridgehead atoms. The highest BCUT2D eigenvalue weighted by Crippen LogP contribution is 2.47. The third-order valence-corrected chi connectivity index (χ3v) is 6.11. The van der Waals surface area contributed by atoms with Crippen LogP contribution in [0.1, 0.15) is 57.3 Å². The Labute approximate surface area is 190 Å². The molecule has 1 aromatic heterocycles. The number of ether oxygens (including phenoxy) is 1. The van der Waals surface area contributed by atoms with Crippen molar-refractivity contribution in [1.82, 2.24) is 15.2 Å². The van der Waals surface area contributed by atoms with Crippen LogP contribution in [0.5, 0.6) is 0 Å². The van der Waals surface area contributed by atoms with Crippen molar-refractivity contribution in [3.8, 4) is 11.1 Å². The van der Waals surface area contributed by atoms with Crippen LogP contribution in [-0.2, 0) is 15.7 Å². The summed E-state index contributed by atoms with van der Waals surface area (Å²) in [6.07, 6.45) is -1.93. The van der Waals surface area contributed by atoms with E-state index in [4.69, 9.17) is 4.74 Å². The van der Waals surface area contributed by atoms with E-state index in [1.54, 1.807) is 39.1 Å². The molecule has 2 saturated heterocycles. The summed E-state index contributed by atoms with van der Waals surface area (Å²) in [5.41, 5.74) is -0.609. The minimum absolute atomic E-state index is 0.199. The summed E-state index contributed by atoms with van der Waals surface area (Å²) < 4.78 is 44.4. The second kappa shape index (κ2) is 8.04. The SMILES string of the molecule is CC(C)(C)OC(=O)N1[C@H](c2cc(-c3ccc(C(F)(F)F)cc3)ccn2)CC[C@@]12CCNC2=O. The van der Waals surface area contributed by atoms with Crippen molar-refractivity contribution in [2.24, 2.45) is 0 Å². The van der Waals surface area contributed by atoms with E-state index < -0.39 is 35.0 Å². The van der Waals surface area contributed by atoms with Gasteiger partial charge in [-0.2, -0.15) is 13.2 Å². The molecule has 3 heterocycles. The lowest BCUT2D eigenvalue weighted by molar-refractivity contribution is -0.137. The summed E-state index contributed by atoms with van der Waals surface area (Å²) in [5, 5.41) is 2.83. The molecule has 2 aliphatic heterocycles. The molecule has 1 aromatic carbocycles. The van der Waals surface area contributed by atoms with Crippen LogP contribution in [0.4, 0.5) is 18.0 Å². The van der Waals surface area contributed by atoms with Crippen LogP contribution in [0, 0.1) is 0 Å². The molecular formula is C24H26F3N3O3. The molecule has 0 unspecified atom stereocenters. The molecule has 0 aliphatic carbocycles. The Morgan fingerprint density at radius 2 is 1.82 bits per heavy atom. The van der Waals surface area contributed by atoms with E-state index >= 15 is 0 Å². The number of carbonyl (C=O) groups excluding carboxylic acids is 2. The van der Waals surface area contributed by atoms with Gasteiger partial charge in [-0.1, -0.05) is 12.1 Å². The molecule has 2 aliphatic rings. The lowest BCUT2D eigenvalue weighted by Gasteiger charge is -2.37. The Morgan fingerprint density at radius 1 is 1.12 bits per heavy atom. The van der Waals surface area contributed by atoms with Gasteiger partial charge >= 0.3 is 12.3 Å². The number of pyridine rings is 1. The van der Waals surface area contributed by atoms with E-state index in [1.165, 1.54) is 17.0 Å². The number of rotatable bonds is 2. The predicted molar refractivity (Wildman–Crippen MR) is 115 cm³/mol. The molecular weight excluding hydrogens is 435 g/mol. The molecule has 2 fully saturated rings. The molecule has 2 atom stereocenters. The topological polar surface area (TPSA) is 71.5 Å². The first-order valence-corrected chi connectivity index (χ1v) is 10.8. The van der Waals surface area contributed by atoms with Crippen LogP contribution in [0.25, 0.3) is 11.1 Å². The van der Waals surface area contributed by atoms with Crippen LogP contribution < -0.4 is 5.32 Å². The molecule has 176 valence electrons. The lowest BCUT2D eigenvalue weighted by atomic mass is 9.94. The van der Waals surface area contributed by atoms with Crippen molar-refractivity contribution < 1.29 is 27.5 Å². The third-order valence-electron chi connectivity index (χ3n) is 6.11. The summed E-state index contributed by atoms with van der Waals surface area (Å²) in [6, 6.07) is 7.87. The van der Waals surface area contributed by atoms with Gasteiger partial charge in [-0.05, 0) is 75.4 Å². The lowest BCUT2D eigenvalue weighted by Crippen LogP contribution is -2.54. The zero-order chi connectivity index (χ0) is 24.0. The largest absolute Gasteiger partial charge is 0.444 e. The van der Waals surface area contributed by atoms with E-state index in [-0.39, 0.29) is 5.91 Å². The number of halogens is 3. The van der Waals surface area contributed by atoms with E-state index in [0.717, 1.165) is 12.1 Å². The fourth-order valence-electron chi connectivity index (χ4n) is 4.61. The maximum absolute atomic E-state index is 13.2. The molecule has 2 aromatic rings. The van der Waals surface area contributed by atoms with Crippen molar-refractivity contribution >= 4 is 12.0 Å². The first-order valence-electron chi connectivity index (χ1n) is 10.8. The van der Waals surface area contributed by atoms with Gasteiger partial charge in [0, 0.05) is 12.7 Å². The predicted octanol–water partition coefficient (Wildman–Crippen LogP) is 5.10. The summed E-state index contributed by atoms with van der Waals surface area (Å²) in [4.78, 5) is 32.0. The molecule has 4 rings (SSSR count). The third kappa shape index (κ3) is 4.41.